The quantitative estimate of drug-likeness (QED) is 0.238. The second kappa shape index (κ2) is 17.0. The molecule has 3 aliphatic rings. The van der Waals surface area contributed by atoms with Crippen LogP contribution < -0.4 is 0 Å². The molecule has 51 heavy (non-hydrogen) atoms. The van der Waals surface area contributed by atoms with Crippen LogP contribution in [0, 0.1) is 23.7 Å². The lowest BCUT2D eigenvalue weighted by molar-refractivity contribution is -0.318. The highest BCUT2D eigenvalue weighted by atomic mass is 16.7. The molecule has 0 radical (unpaired) electrons. The van der Waals surface area contributed by atoms with E-state index in [-0.39, 0.29) is 31.4 Å². The number of carbonyl (C=O) groups excluding carboxylic acids is 2. The Morgan fingerprint density at radius 2 is 1.49 bits per heavy atom. The van der Waals surface area contributed by atoms with Crippen LogP contribution in [-0.4, -0.2) is 148 Å². The number of hydrogen-bond donors (Lipinski definition) is 5. The number of carbonyl (C=O) groups is 2. The highest BCUT2D eigenvalue weighted by Gasteiger charge is 2.53. The number of likely N-dealkylation sites (N-methyl/N-ethyl adjacent to an activating group) is 1. The lowest BCUT2D eigenvalue weighted by atomic mass is 9.74. The van der Waals surface area contributed by atoms with E-state index in [0.717, 1.165) is 0 Å². The molecule has 18 atom stereocenters. The first-order chi connectivity index (χ1) is 23.4. The van der Waals surface area contributed by atoms with E-state index in [4.69, 9.17) is 28.4 Å². The summed E-state index contributed by atoms with van der Waals surface area (Å²) in [5, 5.41) is 57.6. The molecule has 3 fully saturated rings. The van der Waals surface area contributed by atoms with Crippen LogP contribution in [0.5, 0.6) is 0 Å². The molecule has 14 nitrogen and oxygen atoms in total. The summed E-state index contributed by atoms with van der Waals surface area (Å²) in [6.45, 7) is 16.3. The van der Waals surface area contributed by atoms with E-state index >= 15 is 0 Å². The molecule has 298 valence electrons. The fourth-order valence-electron chi connectivity index (χ4n) is 8.41. The largest absolute Gasteiger partial charge is 0.459 e. The number of rotatable bonds is 7. The van der Waals surface area contributed by atoms with Gasteiger partial charge in [-0.05, 0) is 74.9 Å². The van der Waals surface area contributed by atoms with Crippen LogP contribution in [-0.2, 0) is 38.0 Å². The van der Waals surface area contributed by atoms with E-state index < -0.39 is 108 Å². The van der Waals surface area contributed by atoms with Crippen molar-refractivity contribution in [2.75, 3.05) is 21.2 Å². The van der Waals surface area contributed by atoms with Crippen LogP contribution in [0.15, 0.2) is 0 Å². The van der Waals surface area contributed by atoms with Crippen molar-refractivity contribution < 1.29 is 63.5 Å². The predicted octanol–water partition coefficient (Wildman–Crippen LogP) is 1.79. The van der Waals surface area contributed by atoms with Gasteiger partial charge < -0.3 is 58.9 Å². The van der Waals surface area contributed by atoms with Gasteiger partial charge >= 0.3 is 5.97 Å². The summed E-state index contributed by atoms with van der Waals surface area (Å²) >= 11 is 0. The predicted molar refractivity (Wildman–Crippen MR) is 186 cm³/mol. The van der Waals surface area contributed by atoms with Crippen molar-refractivity contribution in [1.82, 2.24) is 4.90 Å². The van der Waals surface area contributed by atoms with E-state index in [1.165, 1.54) is 27.9 Å². The normalized spacial score (nSPS) is 49.7. The Labute approximate surface area is 304 Å². The first-order valence-corrected chi connectivity index (χ1v) is 18.5. The summed E-state index contributed by atoms with van der Waals surface area (Å²) in [5.41, 5.74) is -4.84. The van der Waals surface area contributed by atoms with Crippen molar-refractivity contribution in [3.63, 3.8) is 0 Å². The third kappa shape index (κ3) is 9.51. The lowest BCUT2D eigenvalue weighted by Crippen LogP contribution is -2.61. The molecule has 0 saturated carbocycles. The maximum Gasteiger partial charge on any atom is 0.311 e. The Bertz CT molecular complexity index is 1170. The molecule has 0 aromatic heterocycles. The highest BCUT2D eigenvalue weighted by Crippen LogP contribution is 2.40. The van der Waals surface area contributed by atoms with Gasteiger partial charge in [0.2, 0.25) is 0 Å². The lowest BCUT2D eigenvalue weighted by Gasteiger charge is -2.49. The average Bonchev–Trinajstić information content (AvgIpc) is 3.05. The summed E-state index contributed by atoms with van der Waals surface area (Å²) in [6.07, 6.45) is -9.71. The van der Waals surface area contributed by atoms with Crippen molar-refractivity contribution in [2.45, 2.75) is 179 Å². The topological polar surface area (TPSA) is 194 Å². The van der Waals surface area contributed by atoms with Crippen LogP contribution in [0.2, 0.25) is 0 Å². The number of methoxy groups -OCH3 is 1. The van der Waals surface area contributed by atoms with Crippen LogP contribution in [0.4, 0.5) is 0 Å². The van der Waals surface area contributed by atoms with Gasteiger partial charge in [0.15, 0.2) is 12.6 Å². The molecule has 14 heteroatoms. The van der Waals surface area contributed by atoms with Gasteiger partial charge in [-0.1, -0.05) is 27.7 Å². The zero-order chi connectivity index (χ0) is 39.0. The van der Waals surface area contributed by atoms with E-state index in [1.807, 2.05) is 25.9 Å². The summed E-state index contributed by atoms with van der Waals surface area (Å²) in [4.78, 5) is 29.8. The molecule has 0 aromatic carbocycles. The Hall–Kier alpha value is -1.30. The molecule has 0 spiro atoms. The number of Topliss-reactive ketones (excluding diaryl/α,β-unsaturated/α-hetero) is 1. The molecule has 3 aliphatic heterocycles. The SMILES string of the molecule is CC[C@H]1OC(=O)[C@H](C)[C@@H](OC2C[C@@](C)(OC)[C@@H](O)[C@H](C)O2)[C@H](C)[C@@H](O[C@@H]2O[C@H](C)C[C@H](N(C)C)[C@H]2O)C(C)(O)C[C@@H](C)C(=O)[C@H](C)[C@@H](O)[C@]1(C)O. The Morgan fingerprint density at radius 3 is 2.04 bits per heavy atom. The highest BCUT2D eigenvalue weighted by molar-refractivity contribution is 5.83. The number of cyclic esters (lactones) is 1. The van der Waals surface area contributed by atoms with E-state index in [1.54, 1.807) is 41.5 Å². The first-order valence-electron chi connectivity index (χ1n) is 18.5. The molecular weight excluding hydrogens is 666 g/mol. The molecule has 3 heterocycles. The molecule has 3 saturated heterocycles. The van der Waals surface area contributed by atoms with E-state index in [2.05, 4.69) is 0 Å². The minimum atomic E-state index is -1.99. The smallest absolute Gasteiger partial charge is 0.311 e. The number of ether oxygens (including phenoxy) is 6. The summed E-state index contributed by atoms with van der Waals surface area (Å²) in [6, 6.07) is -0.324. The van der Waals surface area contributed by atoms with Crippen molar-refractivity contribution in [2.24, 2.45) is 23.7 Å². The number of nitrogens with zero attached hydrogens (tertiary/aromatic N) is 1. The van der Waals surface area contributed by atoms with Crippen LogP contribution in [0.1, 0.15) is 94.9 Å². The van der Waals surface area contributed by atoms with Crippen molar-refractivity contribution in [1.29, 1.82) is 0 Å². The van der Waals surface area contributed by atoms with Crippen molar-refractivity contribution >= 4 is 11.8 Å². The van der Waals surface area contributed by atoms with Gasteiger partial charge in [0.05, 0.1) is 47.6 Å². The second-order valence-electron chi connectivity index (χ2n) is 16.5. The molecule has 2 unspecified atom stereocenters. The molecular formula is C37H67NO13. The van der Waals surface area contributed by atoms with Gasteiger partial charge in [-0.25, -0.2) is 0 Å². The van der Waals surface area contributed by atoms with E-state index in [9.17, 15) is 35.1 Å². The second-order valence-corrected chi connectivity index (χ2v) is 16.5. The van der Waals surface area contributed by atoms with Gasteiger partial charge in [0.1, 0.15) is 29.7 Å². The van der Waals surface area contributed by atoms with Gasteiger partial charge in [-0.2, -0.15) is 0 Å². The zero-order valence-electron chi connectivity index (χ0n) is 32.9. The maximum atomic E-state index is 14.1. The fourth-order valence-corrected chi connectivity index (χ4v) is 8.41. The van der Waals surface area contributed by atoms with Crippen molar-refractivity contribution in [3.05, 3.63) is 0 Å². The number of hydrogen-bond acceptors (Lipinski definition) is 14. The Morgan fingerprint density at radius 1 is 0.882 bits per heavy atom. The van der Waals surface area contributed by atoms with Crippen LogP contribution in [0.3, 0.4) is 0 Å². The first kappa shape index (κ1) is 44.1. The summed E-state index contributed by atoms with van der Waals surface area (Å²) in [7, 11) is 5.18. The van der Waals surface area contributed by atoms with E-state index in [0.29, 0.717) is 6.42 Å². The third-order valence-corrected chi connectivity index (χ3v) is 11.8. The third-order valence-electron chi connectivity index (χ3n) is 11.8. The van der Waals surface area contributed by atoms with Gasteiger partial charge in [-0.3, -0.25) is 9.59 Å². The number of esters is 1. The maximum absolute atomic E-state index is 14.1. The van der Waals surface area contributed by atoms with Crippen LogP contribution >= 0.6 is 0 Å². The molecule has 0 amide bonds. The van der Waals surface area contributed by atoms with Gasteiger partial charge in [0, 0.05) is 37.3 Å². The minimum absolute atomic E-state index is 0.0936. The molecule has 0 bridgehead atoms. The number of aliphatic hydroxyl groups is 5. The molecule has 0 aromatic rings. The Kier molecular flexibility index (Phi) is 14.7. The molecule has 5 N–H and O–H groups in total. The summed E-state index contributed by atoms with van der Waals surface area (Å²) in [5.74, 6) is -4.98. The van der Waals surface area contributed by atoms with Gasteiger partial charge in [-0.15, -0.1) is 0 Å². The number of aliphatic hydroxyl groups excluding tert-OH is 3. The fraction of sp³-hybridized carbons (Fsp3) is 0.946. The standard InChI is InChI=1S/C37H67NO13/c1-14-25-37(10,45)30(41)20(4)27(39)18(2)16-35(8,44)32(51-34-28(40)24(38(11)12)15-19(3)47-34)21(5)29(22(6)33(43)49-25)50-26-17-36(9,46-13)31(42)23(7)48-26/h18-26,28-32,34,40-42,44-45H,14-17H2,1-13H3/t18-,19-,20+,21+,22-,23+,24+,25-,26?,28-,29+,30-,31+,32-,34+,35?,36-,37-/m1/s1. The van der Waals surface area contributed by atoms with Crippen molar-refractivity contribution in [3.8, 4) is 0 Å². The zero-order valence-corrected chi connectivity index (χ0v) is 32.9. The monoisotopic (exact) mass is 733 g/mol. The molecule has 0 aliphatic carbocycles. The molecule has 3 rings (SSSR count). The number of ketones is 1. The van der Waals surface area contributed by atoms with Crippen LogP contribution in [0.25, 0.3) is 0 Å². The minimum Gasteiger partial charge on any atom is -0.459 e. The average molecular weight is 734 g/mol. The summed E-state index contributed by atoms with van der Waals surface area (Å²) < 4.78 is 37.1. The van der Waals surface area contributed by atoms with Gasteiger partial charge in [0.25, 0.3) is 0 Å². The Balaban J connectivity index is 2.18.